The first-order valence-corrected chi connectivity index (χ1v) is 5.88. The second-order valence-electron chi connectivity index (χ2n) is 4.43. The number of Topliss-reactive ketones (excluding diaryl/α,β-unsaturated/α-hetero) is 1. The Kier molecular flexibility index (Phi) is 3.50. The third kappa shape index (κ3) is 2.80. The number of aryl methyl sites for hydroxylation is 4. The van der Waals surface area contributed by atoms with Crippen LogP contribution in [0.15, 0.2) is 18.5 Å². The average Bonchev–Trinajstić information content (AvgIpc) is 2.75. The van der Waals surface area contributed by atoms with E-state index in [1.54, 1.807) is 16.9 Å². The number of carbonyl (C=O) groups is 1. The van der Waals surface area contributed by atoms with Gasteiger partial charge in [0.25, 0.3) is 0 Å². The topological polar surface area (TPSA) is 60.7 Å². The molecule has 18 heavy (non-hydrogen) atoms. The van der Waals surface area contributed by atoms with Gasteiger partial charge in [-0.15, -0.1) is 0 Å². The molecule has 0 aliphatic carbocycles. The van der Waals surface area contributed by atoms with E-state index in [2.05, 4.69) is 15.3 Å². The molecule has 0 aromatic carbocycles. The highest BCUT2D eigenvalue weighted by atomic mass is 16.1. The van der Waals surface area contributed by atoms with Gasteiger partial charge in [-0.25, -0.2) is 0 Å². The molecule has 94 valence electrons. The van der Waals surface area contributed by atoms with Crippen molar-refractivity contribution >= 4 is 5.78 Å². The van der Waals surface area contributed by atoms with Gasteiger partial charge >= 0.3 is 0 Å². The van der Waals surface area contributed by atoms with Crippen molar-refractivity contribution in [2.75, 3.05) is 0 Å². The fourth-order valence-electron chi connectivity index (χ4n) is 1.83. The van der Waals surface area contributed by atoms with Crippen LogP contribution in [0.4, 0.5) is 0 Å². The molecule has 2 aromatic heterocycles. The highest BCUT2D eigenvalue weighted by molar-refractivity contribution is 5.97. The molecule has 0 saturated carbocycles. The van der Waals surface area contributed by atoms with E-state index in [1.165, 1.54) is 0 Å². The molecule has 0 radical (unpaired) electrons. The van der Waals surface area contributed by atoms with Gasteiger partial charge in [-0.3, -0.25) is 9.48 Å². The van der Waals surface area contributed by atoms with Crippen molar-refractivity contribution in [2.24, 2.45) is 7.05 Å². The smallest absolute Gasteiger partial charge is 0.165 e. The molecule has 5 nitrogen and oxygen atoms in total. The summed E-state index contributed by atoms with van der Waals surface area (Å²) in [5.74, 6) is 0.106. The molecule has 0 amide bonds. The van der Waals surface area contributed by atoms with Crippen LogP contribution in [0.3, 0.4) is 0 Å². The molecule has 5 heteroatoms. The summed E-state index contributed by atoms with van der Waals surface area (Å²) in [5, 5.41) is 12.0. The standard InChI is InChI=1S/C13H16N4O/c1-9-6-12(10(2)16-15-9)13(18)5-4-11-7-14-17(3)8-11/h6-8H,4-5H2,1-3H3. The van der Waals surface area contributed by atoms with Gasteiger partial charge in [0.2, 0.25) is 0 Å². The Bertz CT molecular complexity index is 574. The first kappa shape index (κ1) is 12.4. The number of rotatable bonds is 4. The van der Waals surface area contributed by atoms with Crippen LogP contribution in [0.25, 0.3) is 0 Å². The largest absolute Gasteiger partial charge is 0.294 e. The minimum atomic E-state index is 0.106. The van der Waals surface area contributed by atoms with Gasteiger partial charge in [-0.05, 0) is 31.9 Å². The molecule has 2 rings (SSSR count). The van der Waals surface area contributed by atoms with Crippen LogP contribution < -0.4 is 0 Å². The van der Waals surface area contributed by atoms with E-state index >= 15 is 0 Å². The fraction of sp³-hybridized carbons (Fsp3) is 0.385. The summed E-state index contributed by atoms with van der Waals surface area (Å²) in [6.45, 7) is 3.65. The normalized spacial score (nSPS) is 10.6. The van der Waals surface area contributed by atoms with Crippen LogP contribution in [-0.2, 0) is 13.5 Å². The number of carbonyl (C=O) groups excluding carboxylic acids is 1. The molecular weight excluding hydrogens is 228 g/mol. The van der Waals surface area contributed by atoms with Crippen molar-refractivity contribution in [3.05, 3.63) is 41.0 Å². The zero-order valence-electron chi connectivity index (χ0n) is 10.8. The van der Waals surface area contributed by atoms with Crippen LogP contribution in [0.5, 0.6) is 0 Å². The number of hydrogen-bond donors (Lipinski definition) is 0. The van der Waals surface area contributed by atoms with Crippen molar-refractivity contribution in [2.45, 2.75) is 26.7 Å². The number of hydrogen-bond acceptors (Lipinski definition) is 4. The summed E-state index contributed by atoms with van der Waals surface area (Å²) in [4.78, 5) is 12.1. The monoisotopic (exact) mass is 244 g/mol. The minimum Gasteiger partial charge on any atom is -0.294 e. The van der Waals surface area contributed by atoms with Gasteiger partial charge in [0.05, 0.1) is 17.6 Å². The number of aromatic nitrogens is 4. The van der Waals surface area contributed by atoms with E-state index in [1.807, 2.05) is 27.1 Å². The molecule has 0 atom stereocenters. The second kappa shape index (κ2) is 5.08. The van der Waals surface area contributed by atoms with Crippen LogP contribution in [-0.4, -0.2) is 25.8 Å². The third-order valence-electron chi connectivity index (χ3n) is 2.80. The Hall–Kier alpha value is -2.04. The van der Waals surface area contributed by atoms with Crippen LogP contribution >= 0.6 is 0 Å². The van der Waals surface area contributed by atoms with Crippen molar-refractivity contribution in [3.8, 4) is 0 Å². The first-order valence-electron chi connectivity index (χ1n) is 5.88. The predicted molar refractivity (Wildman–Crippen MR) is 67.4 cm³/mol. The van der Waals surface area contributed by atoms with E-state index in [-0.39, 0.29) is 5.78 Å². The SMILES string of the molecule is Cc1cc(C(=O)CCc2cnn(C)c2)c(C)nn1. The Morgan fingerprint density at radius 2 is 2.11 bits per heavy atom. The van der Waals surface area contributed by atoms with E-state index in [9.17, 15) is 4.79 Å². The molecule has 0 bridgehead atoms. The summed E-state index contributed by atoms with van der Waals surface area (Å²) in [6, 6.07) is 1.80. The van der Waals surface area contributed by atoms with Crippen molar-refractivity contribution in [1.29, 1.82) is 0 Å². The maximum atomic E-state index is 12.1. The van der Waals surface area contributed by atoms with E-state index in [4.69, 9.17) is 0 Å². The van der Waals surface area contributed by atoms with Crippen LogP contribution in [0, 0.1) is 13.8 Å². The molecule has 2 aromatic rings. The zero-order valence-corrected chi connectivity index (χ0v) is 10.8. The lowest BCUT2D eigenvalue weighted by Gasteiger charge is -2.03. The Morgan fingerprint density at radius 3 is 2.78 bits per heavy atom. The third-order valence-corrected chi connectivity index (χ3v) is 2.80. The number of ketones is 1. The van der Waals surface area contributed by atoms with Crippen molar-refractivity contribution < 1.29 is 4.79 Å². The van der Waals surface area contributed by atoms with E-state index in [0.717, 1.165) is 11.3 Å². The molecular formula is C13H16N4O. The van der Waals surface area contributed by atoms with Gasteiger partial charge in [0.1, 0.15) is 0 Å². The molecule has 2 heterocycles. The fourth-order valence-corrected chi connectivity index (χ4v) is 1.83. The quantitative estimate of drug-likeness (QED) is 0.767. The maximum absolute atomic E-state index is 12.1. The number of nitrogens with zero attached hydrogens (tertiary/aromatic N) is 4. The lowest BCUT2D eigenvalue weighted by atomic mass is 10.0. The Balaban J connectivity index is 2.05. The van der Waals surface area contributed by atoms with Gasteiger partial charge in [0, 0.05) is 25.2 Å². The molecule has 0 N–H and O–H groups in total. The molecule has 0 aliphatic heterocycles. The maximum Gasteiger partial charge on any atom is 0.165 e. The lowest BCUT2D eigenvalue weighted by molar-refractivity contribution is 0.0981. The summed E-state index contributed by atoms with van der Waals surface area (Å²) >= 11 is 0. The van der Waals surface area contributed by atoms with Gasteiger partial charge in [-0.1, -0.05) is 0 Å². The zero-order chi connectivity index (χ0) is 13.1. The Morgan fingerprint density at radius 1 is 1.33 bits per heavy atom. The molecule has 0 spiro atoms. The summed E-state index contributed by atoms with van der Waals surface area (Å²) in [5.41, 5.74) is 3.20. The van der Waals surface area contributed by atoms with Crippen LogP contribution in [0.1, 0.15) is 33.7 Å². The first-order chi connectivity index (χ1) is 8.56. The van der Waals surface area contributed by atoms with Crippen molar-refractivity contribution in [3.63, 3.8) is 0 Å². The second-order valence-corrected chi connectivity index (χ2v) is 4.43. The summed E-state index contributed by atoms with van der Waals surface area (Å²) in [7, 11) is 1.87. The molecule has 0 saturated heterocycles. The van der Waals surface area contributed by atoms with Gasteiger partial charge in [0.15, 0.2) is 5.78 Å². The highest BCUT2D eigenvalue weighted by Gasteiger charge is 2.11. The van der Waals surface area contributed by atoms with Crippen molar-refractivity contribution in [1.82, 2.24) is 20.0 Å². The predicted octanol–water partition coefficient (Wildman–Crippen LogP) is 1.64. The minimum absolute atomic E-state index is 0.106. The van der Waals surface area contributed by atoms with Crippen LogP contribution in [0.2, 0.25) is 0 Å². The molecule has 0 aliphatic rings. The molecule has 0 unspecified atom stereocenters. The van der Waals surface area contributed by atoms with Gasteiger partial charge < -0.3 is 0 Å². The van der Waals surface area contributed by atoms with Gasteiger partial charge in [-0.2, -0.15) is 15.3 Å². The molecule has 0 fully saturated rings. The van der Waals surface area contributed by atoms with E-state index in [0.29, 0.717) is 24.1 Å². The lowest BCUT2D eigenvalue weighted by Crippen LogP contribution is -2.06. The van der Waals surface area contributed by atoms with E-state index < -0.39 is 0 Å². The summed E-state index contributed by atoms with van der Waals surface area (Å²) in [6.07, 6.45) is 4.89. The summed E-state index contributed by atoms with van der Waals surface area (Å²) < 4.78 is 1.74. The average molecular weight is 244 g/mol. The highest BCUT2D eigenvalue weighted by Crippen LogP contribution is 2.11. The Labute approximate surface area is 106 Å².